The summed E-state index contributed by atoms with van der Waals surface area (Å²) in [5, 5.41) is 14.3. The number of amides is 2. The molecule has 1 aromatic heterocycles. The minimum Gasteiger partial charge on any atom is -0.497 e. The number of aromatic nitrogens is 1. The molecule has 0 bridgehead atoms. The van der Waals surface area contributed by atoms with Gasteiger partial charge in [-0.3, -0.25) is 9.78 Å². The van der Waals surface area contributed by atoms with Gasteiger partial charge in [-0.25, -0.2) is 4.79 Å². The van der Waals surface area contributed by atoms with Crippen LogP contribution in [-0.2, 0) is 0 Å². The molecule has 30 heavy (non-hydrogen) atoms. The van der Waals surface area contributed by atoms with E-state index in [0.29, 0.717) is 0 Å². The summed E-state index contributed by atoms with van der Waals surface area (Å²) in [6, 6.07) is 3.98. The Morgan fingerprint density at radius 1 is 1.23 bits per heavy atom. The number of Topliss-reactive ketones (excluding diaryl/α,β-unsaturated/α-hetero) is 1. The number of urea groups is 1. The molecule has 160 valence electrons. The van der Waals surface area contributed by atoms with Gasteiger partial charge in [0.2, 0.25) is 5.72 Å². The lowest BCUT2D eigenvalue weighted by Crippen LogP contribution is -2.72. The number of hydrogen-bond acceptors (Lipinski definition) is 6. The largest absolute Gasteiger partial charge is 0.497 e. The molecule has 1 aromatic carbocycles. The van der Waals surface area contributed by atoms with Crippen molar-refractivity contribution in [2.75, 3.05) is 14.2 Å². The normalized spacial score (nSPS) is 23.9. The van der Waals surface area contributed by atoms with Gasteiger partial charge in [-0.05, 0) is 30.3 Å². The highest BCUT2D eigenvalue weighted by Crippen LogP contribution is 2.46. The maximum atomic E-state index is 13.9. The van der Waals surface area contributed by atoms with Crippen LogP contribution in [0.4, 0.5) is 18.0 Å². The van der Waals surface area contributed by atoms with Crippen molar-refractivity contribution in [1.29, 1.82) is 0 Å². The van der Waals surface area contributed by atoms with Gasteiger partial charge >= 0.3 is 12.2 Å². The van der Waals surface area contributed by atoms with E-state index < -0.39 is 35.7 Å². The first-order valence-electron chi connectivity index (χ1n) is 8.66. The highest BCUT2D eigenvalue weighted by Gasteiger charge is 2.66. The maximum absolute atomic E-state index is 13.9. The smallest absolute Gasteiger partial charge is 0.437 e. The molecule has 1 aliphatic heterocycles. The van der Waals surface area contributed by atoms with Gasteiger partial charge in [0.1, 0.15) is 17.4 Å². The fourth-order valence-electron chi connectivity index (χ4n) is 3.37. The second-order valence-electron chi connectivity index (χ2n) is 6.53. The molecule has 2 heterocycles. The third-order valence-corrected chi connectivity index (χ3v) is 4.81. The molecule has 0 aliphatic carbocycles. The zero-order valence-corrected chi connectivity index (χ0v) is 15.9. The summed E-state index contributed by atoms with van der Waals surface area (Å²) in [5.74, 6) is -2.93. The van der Waals surface area contributed by atoms with E-state index in [0.717, 1.165) is 6.20 Å². The predicted octanol–water partition coefficient (Wildman–Crippen LogP) is 2.20. The molecule has 0 saturated carbocycles. The van der Waals surface area contributed by atoms with E-state index in [1.54, 1.807) is 0 Å². The number of nitrogens with one attached hydrogen (secondary N) is 2. The van der Waals surface area contributed by atoms with E-state index >= 15 is 0 Å². The van der Waals surface area contributed by atoms with Gasteiger partial charge in [0, 0.05) is 23.5 Å². The van der Waals surface area contributed by atoms with E-state index in [2.05, 4.69) is 10.3 Å². The van der Waals surface area contributed by atoms with Crippen LogP contribution < -0.4 is 20.1 Å². The number of carbonyl (C=O) groups excluding carboxylic acids is 2. The first kappa shape index (κ1) is 21.4. The van der Waals surface area contributed by atoms with Gasteiger partial charge in [-0.1, -0.05) is 0 Å². The van der Waals surface area contributed by atoms with E-state index in [9.17, 15) is 27.9 Å². The monoisotopic (exact) mass is 425 g/mol. The molecule has 1 saturated heterocycles. The zero-order chi connectivity index (χ0) is 22.1. The second kappa shape index (κ2) is 7.82. The Balaban J connectivity index is 2.23. The number of halogens is 3. The number of ketones is 1. The lowest BCUT2D eigenvalue weighted by Gasteiger charge is -2.45. The van der Waals surface area contributed by atoms with Gasteiger partial charge in [-0.2, -0.15) is 13.2 Å². The van der Waals surface area contributed by atoms with E-state index in [1.165, 1.54) is 56.1 Å². The second-order valence-corrected chi connectivity index (χ2v) is 6.53. The summed E-state index contributed by atoms with van der Waals surface area (Å²) in [7, 11) is 2.62. The third kappa shape index (κ3) is 3.63. The van der Waals surface area contributed by atoms with Gasteiger partial charge in [0.15, 0.2) is 5.78 Å². The minimum atomic E-state index is -5.36. The number of nitrogens with zero attached hydrogens (tertiary/aromatic N) is 1. The summed E-state index contributed by atoms with van der Waals surface area (Å²) in [4.78, 5) is 29.0. The molecule has 1 fully saturated rings. The Morgan fingerprint density at radius 3 is 2.53 bits per heavy atom. The first-order chi connectivity index (χ1) is 14.1. The predicted molar refractivity (Wildman–Crippen MR) is 97.0 cm³/mol. The van der Waals surface area contributed by atoms with Crippen molar-refractivity contribution >= 4 is 11.8 Å². The molecule has 11 heteroatoms. The van der Waals surface area contributed by atoms with Gasteiger partial charge in [-0.15, -0.1) is 0 Å². The molecular weight excluding hydrogens is 407 g/mol. The van der Waals surface area contributed by atoms with Crippen molar-refractivity contribution in [1.82, 2.24) is 15.6 Å². The lowest BCUT2D eigenvalue weighted by molar-refractivity contribution is -0.287. The standard InChI is InChI=1S/C19H18F3N3O5/c1-29-11-5-6-13(30-2)12(8-11)15-14(16(26)10-4-3-7-23-9-10)18(28,19(20,21)22)25-17(27)24-15/h3-9,14-15,28H,1-2H3,(H2,24,25,27). The van der Waals surface area contributed by atoms with Crippen LogP contribution in [0.5, 0.6) is 11.5 Å². The SMILES string of the molecule is COc1ccc(OC)c(C2NC(=O)NC(O)(C(F)(F)F)C2C(=O)c2cccnc2)c1. The molecular formula is C19H18F3N3O5. The Hall–Kier alpha value is -3.34. The number of hydrogen-bond donors (Lipinski definition) is 3. The molecule has 1 aliphatic rings. The fraction of sp³-hybridized carbons (Fsp3) is 0.316. The fourth-order valence-corrected chi connectivity index (χ4v) is 3.37. The summed E-state index contributed by atoms with van der Waals surface area (Å²) in [6.45, 7) is 0. The number of alkyl halides is 3. The summed E-state index contributed by atoms with van der Waals surface area (Å²) >= 11 is 0. The van der Waals surface area contributed by atoms with E-state index in [4.69, 9.17) is 9.47 Å². The minimum absolute atomic E-state index is 0.0246. The topological polar surface area (TPSA) is 110 Å². The molecule has 0 radical (unpaired) electrons. The van der Waals surface area contributed by atoms with Gasteiger partial charge in [0.05, 0.1) is 20.3 Å². The molecule has 0 spiro atoms. The highest BCUT2D eigenvalue weighted by molar-refractivity contribution is 6.00. The molecule has 3 N–H and O–H groups in total. The van der Waals surface area contributed by atoms with Crippen molar-refractivity contribution in [2.45, 2.75) is 17.9 Å². The van der Waals surface area contributed by atoms with Crippen molar-refractivity contribution in [3.63, 3.8) is 0 Å². The molecule has 3 rings (SSSR count). The molecule has 3 atom stereocenters. The van der Waals surface area contributed by atoms with Crippen molar-refractivity contribution in [3.05, 3.63) is 53.9 Å². The average Bonchev–Trinajstić information content (AvgIpc) is 2.72. The summed E-state index contributed by atoms with van der Waals surface area (Å²) < 4.78 is 52.1. The van der Waals surface area contributed by atoms with Crippen LogP contribution in [0.3, 0.4) is 0 Å². The number of ether oxygens (including phenoxy) is 2. The van der Waals surface area contributed by atoms with E-state index in [-0.39, 0.29) is 22.6 Å². The first-order valence-corrected chi connectivity index (χ1v) is 8.66. The number of aliphatic hydroxyl groups is 1. The van der Waals surface area contributed by atoms with Crippen LogP contribution >= 0.6 is 0 Å². The number of benzene rings is 1. The zero-order valence-electron chi connectivity index (χ0n) is 15.9. The molecule has 2 aromatic rings. The Labute approximate surface area is 169 Å². The Kier molecular flexibility index (Phi) is 5.57. The number of pyridine rings is 1. The maximum Gasteiger partial charge on any atom is 0.437 e. The number of methoxy groups -OCH3 is 2. The Morgan fingerprint density at radius 2 is 1.97 bits per heavy atom. The highest BCUT2D eigenvalue weighted by atomic mass is 19.4. The van der Waals surface area contributed by atoms with Crippen molar-refractivity contribution in [3.8, 4) is 11.5 Å². The van der Waals surface area contributed by atoms with Gasteiger partial charge in [0.25, 0.3) is 0 Å². The van der Waals surface area contributed by atoms with Crippen LogP contribution in [0.2, 0.25) is 0 Å². The van der Waals surface area contributed by atoms with Gasteiger partial charge < -0.3 is 25.2 Å². The van der Waals surface area contributed by atoms with Crippen LogP contribution in [-0.4, -0.2) is 48.0 Å². The number of carbonyl (C=O) groups is 2. The van der Waals surface area contributed by atoms with Crippen LogP contribution in [0.15, 0.2) is 42.7 Å². The van der Waals surface area contributed by atoms with Crippen molar-refractivity contribution < 1.29 is 37.3 Å². The molecule has 2 amide bonds. The van der Waals surface area contributed by atoms with Crippen molar-refractivity contribution in [2.24, 2.45) is 5.92 Å². The van der Waals surface area contributed by atoms with E-state index in [1.807, 2.05) is 0 Å². The summed E-state index contributed by atoms with van der Waals surface area (Å²) in [5.41, 5.74) is -3.99. The van der Waals surface area contributed by atoms with Crippen LogP contribution in [0, 0.1) is 5.92 Å². The van der Waals surface area contributed by atoms with Crippen LogP contribution in [0.1, 0.15) is 22.0 Å². The quantitative estimate of drug-likeness (QED) is 0.634. The average molecular weight is 425 g/mol. The molecule has 3 unspecified atom stereocenters. The Bertz CT molecular complexity index is 954. The molecule has 8 nitrogen and oxygen atoms in total. The summed E-state index contributed by atoms with van der Waals surface area (Å²) in [6.07, 6.45) is -2.94. The lowest BCUT2D eigenvalue weighted by atomic mass is 9.77. The third-order valence-electron chi connectivity index (χ3n) is 4.81. The number of rotatable bonds is 5. The van der Waals surface area contributed by atoms with Crippen LogP contribution in [0.25, 0.3) is 0 Å².